The molecule has 7 heteroatoms. The van der Waals surface area contributed by atoms with Crippen LogP contribution in [0.4, 0.5) is 10.1 Å². The number of nitrogens with zero attached hydrogens (tertiary/aromatic N) is 1. The summed E-state index contributed by atoms with van der Waals surface area (Å²) in [5.41, 5.74) is 8.29. The molecular formula is C22H25ClFN3O2. The Hall–Kier alpha value is -2.15. The van der Waals surface area contributed by atoms with Crippen LogP contribution in [-0.2, 0) is 11.2 Å². The number of carbonyl (C=O) groups excluding carboxylic acids is 1. The number of nitrogens with one attached hydrogen (secondary N) is 1. The average molecular weight is 418 g/mol. The summed E-state index contributed by atoms with van der Waals surface area (Å²) in [5, 5.41) is 3.12. The maximum Gasteiger partial charge on any atom is 0.221 e. The minimum atomic E-state index is -0.365. The minimum absolute atomic E-state index is 0.0197. The second kappa shape index (κ2) is 8.30. The quantitative estimate of drug-likeness (QED) is 0.791. The molecule has 2 aromatic carbocycles. The third-order valence-electron chi connectivity index (χ3n) is 5.64. The van der Waals surface area contributed by atoms with E-state index in [2.05, 4.69) is 10.2 Å². The van der Waals surface area contributed by atoms with Crippen molar-refractivity contribution in [1.29, 1.82) is 0 Å². The fourth-order valence-corrected chi connectivity index (χ4v) is 4.63. The van der Waals surface area contributed by atoms with Crippen LogP contribution < -0.4 is 15.8 Å². The Morgan fingerprint density at radius 1 is 1.34 bits per heavy atom. The van der Waals surface area contributed by atoms with E-state index in [0.29, 0.717) is 28.4 Å². The number of fused-ring (bicyclic) bond motifs is 1. The smallest absolute Gasteiger partial charge is 0.221 e. The first-order valence-corrected chi connectivity index (χ1v) is 10.3. The Morgan fingerprint density at radius 3 is 2.93 bits per heavy atom. The first-order valence-electron chi connectivity index (χ1n) is 9.92. The number of hydrogen-bond donors (Lipinski definition) is 2. The van der Waals surface area contributed by atoms with Crippen LogP contribution in [0.1, 0.15) is 37.0 Å². The van der Waals surface area contributed by atoms with Crippen LogP contribution in [-0.4, -0.2) is 36.0 Å². The van der Waals surface area contributed by atoms with Gasteiger partial charge in [-0.2, -0.15) is 0 Å². The third-order valence-corrected chi connectivity index (χ3v) is 5.86. The lowest BCUT2D eigenvalue weighted by atomic mass is 10.0. The first kappa shape index (κ1) is 20.1. The van der Waals surface area contributed by atoms with Crippen LogP contribution in [0.2, 0.25) is 5.02 Å². The van der Waals surface area contributed by atoms with E-state index in [9.17, 15) is 9.18 Å². The lowest BCUT2D eigenvalue weighted by Crippen LogP contribution is -2.49. The molecule has 4 rings (SSSR count). The molecule has 2 aliphatic rings. The molecule has 0 unspecified atom stereocenters. The number of ether oxygens (including phenoxy) is 1. The number of amides is 1. The first-order chi connectivity index (χ1) is 13.9. The molecule has 2 aromatic rings. The van der Waals surface area contributed by atoms with Gasteiger partial charge >= 0.3 is 0 Å². The van der Waals surface area contributed by atoms with Gasteiger partial charge in [0.25, 0.3) is 0 Å². The molecular weight excluding hydrogens is 393 g/mol. The van der Waals surface area contributed by atoms with Gasteiger partial charge in [0.15, 0.2) is 0 Å². The zero-order valence-corrected chi connectivity index (χ0v) is 17.1. The molecule has 1 saturated heterocycles. The van der Waals surface area contributed by atoms with Crippen molar-refractivity contribution in [3.63, 3.8) is 0 Å². The Bertz CT molecular complexity index is 923. The van der Waals surface area contributed by atoms with Gasteiger partial charge in [0.1, 0.15) is 17.7 Å². The highest BCUT2D eigenvalue weighted by Crippen LogP contribution is 2.41. The van der Waals surface area contributed by atoms with Crippen molar-refractivity contribution in [3.05, 3.63) is 58.4 Å². The maximum absolute atomic E-state index is 14.7. The molecule has 0 radical (unpaired) electrons. The Balaban J connectivity index is 1.66. The predicted octanol–water partition coefficient (Wildman–Crippen LogP) is 3.91. The van der Waals surface area contributed by atoms with E-state index in [0.717, 1.165) is 31.5 Å². The number of halogens is 2. The summed E-state index contributed by atoms with van der Waals surface area (Å²) in [5.74, 6) is 0.167. The Labute approximate surface area is 175 Å². The van der Waals surface area contributed by atoms with Gasteiger partial charge in [-0.25, -0.2) is 4.39 Å². The molecule has 154 valence electrons. The van der Waals surface area contributed by atoms with E-state index in [4.69, 9.17) is 22.1 Å². The van der Waals surface area contributed by atoms with Gasteiger partial charge in [-0.1, -0.05) is 17.7 Å². The molecule has 0 bridgehead atoms. The number of nitrogens with two attached hydrogens (primary N) is 1. The highest BCUT2D eigenvalue weighted by molar-refractivity contribution is 6.30. The molecule has 3 N–H and O–H groups in total. The largest absolute Gasteiger partial charge is 0.484 e. The highest BCUT2D eigenvalue weighted by atomic mass is 35.5. The number of benzene rings is 2. The number of rotatable bonds is 4. The van der Waals surface area contributed by atoms with Gasteiger partial charge in [-0.05, 0) is 55.6 Å². The summed E-state index contributed by atoms with van der Waals surface area (Å²) in [4.78, 5) is 13.7. The number of piperidine rings is 1. The van der Waals surface area contributed by atoms with Gasteiger partial charge < -0.3 is 15.8 Å². The second-order valence-electron chi connectivity index (χ2n) is 7.87. The number of anilines is 1. The van der Waals surface area contributed by atoms with E-state index < -0.39 is 0 Å². The summed E-state index contributed by atoms with van der Waals surface area (Å²) >= 11 is 6.16. The molecule has 5 nitrogen and oxygen atoms in total. The number of hydrogen-bond acceptors (Lipinski definition) is 4. The normalized spacial score (nSPS) is 24.2. The predicted molar refractivity (Wildman–Crippen MR) is 112 cm³/mol. The molecule has 29 heavy (non-hydrogen) atoms. The molecule has 0 spiro atoms. The molecule has 1 fully saturated rings. The zero-order valence-electron chi connectivity index (χ0n) is 16.3. The van der Waals surface area contributed by atoms with Gasteiger partial charge in [-0.15, -0.1) is 0 Å². The van der Waals surface area contributed by atoms with Crippen molar-refractivity contribution in [2.24, 2.45) is 5.73 Å². The summed E-state index contributed by atoms with van der Waals surface area (Å²) in [6, 6.07) is 10.5. The fourth-order valence-electron chi connectivity index (χ4n) is 4.42. The van der Waals surface area contributed by atoms with Crippen molar-refractivity contribution in [2.75, 3.05) is 18.4 Å². The summed E-state index contributed by atoms with van der Waals surface area (Å²) in [7, 11) is 0. The summed E-state index contributed by atoms with van der Waals surface area (Å²) in [6.45, 7) is 3.13. The second-order valence-corrected chi connectivity index (χ2v) is 8.31. The van der Waals surface area contributed by atoms with Gasteiger partial charge in [0.05, 0.1) is 6.04 Å². The van der Waals surface area contributed by atoms with E-state index in [1.54, 1.807) is 18.2 Å². The summed E-state index contributed by atoms with van der Waals surface area (Å²) in [6.07, 6.45) is 2.21. The monoisotopic (exact) mass is 417 g/mol. The molecule has 0 saturated carbocycles. The van der Waals surface area contributed by atoms with Crippen LogP contribution in [0.15, 0.2) is 36.4 Å². The number of likely N-dealkylation sites (tertiary alicyclic amines) is 1. The molecule has 0 aromatic heterocycles. The molecule has 1 heterocycles. The van der Waals surface area contributed by atoms with Crippen molar-refractivity contribution < 1.29 is 13.9 Å². The topological polar surface area (TPSA) is 67.6 Å². The Morgan fingerprint density at radius 2 is 2.17 bits per heavy atom. The lowest BCUT2D eigenvalue weighted by Gasteiger charge is -2.38. The molecule has 1 aliphatic heterocycles. The van der Waals surface area contributed by atoms with Crippen molar-refractivity contribution >= 4 is 23.2 Å². The van der Waals surface area contributed by atoms with Crippen LogP contribution in [0, 0.1) is 5.82 Å². The van der Waals surface area contributed by atoms with Crippen molar-refractivity contribution in [2.45, 2.75) is 44.4 Å². The summed E-state index contributed by atoms with van der Waals surface area (Å²) < 4.78 is 21.0. The molecule has 3 atom stereocenters. The van der Waals surface area contributed by atoms with Crippen LogP contribution in [0.5, 0.6) is 5.75 Å². The van der Waals surface area contributed by atoms with Crippen LogP contribution >= 0.6 is 11.6 Å². The van der Waals surface area contributed by atoms with E-state index in [1.165, 1.54) is 13.0 Å². The van der Waals surface area contributed by atoms with Crippen LogP contribution in [0.25, 0.3) is 0 Å². The van der Waals surface area contributed by atoms with E-state index in [1.807, 2.05) is 12.1 Å². The molecule has 1 aliphatic carbocycles. The van der Waals surface area contributed by atoms with Gasteiger partial charge in [0.2, 0.25) is 5.91 Å². The maximum atomic E-state index is 14.7. The van der Waals surface area contributed by atoms with Crippen molar-refractivity contribution in [3.8, 4) is 5.75 Å². The third kappa shape index (κ3) is 4.39. The standard InChI is InChI=1S/C22H25ClFN3O2/c1-13(28)26-16-5-2-6-17(10-16)29-22-19-8-14(23)9-20(24)18(19)11-21(22)27-7-3-4-15(25)12-27/h2,5-6,8-10,15,21-22H,3-4,7,11-12,25H2,1H3,(H,26,28)/t15-,21-,22-/m1/s1. The molecule has 1 amide bonds. The fraction of sp³-hybridized carbons (Fsp3) is 0.409. The average Bonchev–Trinajstić information content (AvgIpc) is 3.00. The van der Waals surface area contributed by atoms with Crippen LogP contribution in [0.3, 0.4) is 0 Å². The van der Waals surface area contributed by atoms with Gasteiger partial charge in [0, 0.05) is 41.9 Å². The van der Waals surface area contributed by atoms with E-state index in [-0.39, 0.29) is 29.9 Å². The Kier molecular flexibility index (Phi) is 5.76. The van der Waals surface area contributed by atoms with Gasteiger partial charge in [-0.3, -0.25) is 9.69 Å². The SMILES string of the molecule is CC(=O)Nc1cccc(O[C@@H]2c3cc(Cl)cc(F)c3C[C@H]2N2CCC[C@@H](N)C2)c1. The van der Waals surface area contributed by atoms with Crippen molar-refractivity contribution in [1.82, 2.24) is 4.90 Å². The highest BCUT2D eigenvalue weighted by Gasteiger charge is 2.41. The van der Waals surface area contributed by atoms with E-state index >= 15 is 0 Å². The lowest BCUT2D eigenvalue weighted by molar-refractivity contribution is -0.114. The minimum Gasteiger partial charge on any atom is -0.484 e. The number of carbonyl (C=O) groups is 1. The zero-order chi connectivity index (χ0) is 20.5.